The van der Waals surface area contributed by atoms with E-state index in [1.165, 1.54) is 5.56 Å². The van der Waals surface area contributed by atoms with E-state index in [4.69, 9.17) is 4.99 Å². The largest absolute Gasteiger partial charge is 0.416 e. The Morgan fingerprint density at radius 1 is 1.08 bits per heavy atom. The second-order valence-corrected chi connectivity index (χ2v) is 10.0. The maximum Gasteiger partial charge on any atom is 0.416 e. The molecule has 0 spiro atoms. The van der Waals surface area contributed by atoms with E-state index in [0.717, 1.165) is 58.9 Å². The highest BCUT2D eigenvalue weighted by Gasteiger charge is 2.50. The summed E-state index contributed by atoms with van der Waals surface area (Å²) >= 11 is 0. The van der Waals surface area contributed by atoms with Gasteiger partial charge in [-0.2, -0.15) is 13.2 Å². The Balaban J connectivity index is 1.44. The monoisotopic (exact) mass is 489 g/mol. The van der Waals surface area contributed by atoms with Crippen molar-refractivity contribution in [3.63, 3.8) is 0 Å². The molecule has 3 atom stereocenters. The molecule has 3 aliphatic rings. The number of aliphatic imine (C=N–C) groups is 1. The molecule has 3 nitrogen and oxygen atoms in total. The number of benzene rings is 2. The summed E-state index contributed by atoms with van der Waals surface area (Å²) in [7, 11) is 0. The van der Waals surface area contributed by atoms with E-state index in [-0.39, 0.29) is 12.1 Å². The number of rotatable bonds is 5. The summed E-state index contributed by atoms with van der Waals surface area (Å²) in [4.78, 5) is 9.11. The van der Waals surface area contributed by atoms with Crippen LogP contribution in [0.2, 0.25) is 0 Å². The highest BCUT2D eigenvalue weighted by atomic mass is 19.4. The van der Waals surface area contributed by atoms with Crippen molar-refractivity contribution in [1.29, 1.82) is 0 Å². The van der Waals surface area contributed by atoms with Crippen molar-refractivity contribution in [2.24, 2.45) is 10.9 Å². The van der Waals surface area contributed by atoms with Crippen molar-refractivity contribution in [3.05, 3.63) is 108 Å². The zero-order valence-electron chi connectivity index (χ0n) is 20.8. The van der Waals surface area contributed by atoms with Gasteiger partial charge in [-0.15, -0.1) is 0 Å². The molecule has 1 fully saturated rings. The average molecular weight is 490 g/mol. The molecule has 2 aromatic carbocycles. The lowest BCUT2D eigenvalue weighted by Gasteiger charge is -2.29. The van der Waals surface area contributed by atoms with E-state index in [1.807, 2.05) is 19.3 Å². The fourth-order valence-corrected chi connectivity index (χ4v) is 5.16. The predicted molar refractivity (Wildman–Crippen MR) is 140 cm³/mol. The first-order valence-corrected chi connectivity index (χ1v) is 12.3. The second-order valence-electron chi connectivity index (χ2n) is 10.0. The normalized spacial score (nSPS) is 23.4. The number of hydrogen-bond acceptors (Lipinski definition) is 3. The molecule has 3 aliphatic heterocycles. The average Bonchev–Trinajstić information content (AvgIpc) is 3.54. The van der Waals surface area contributed by atoms with E-state index in [1.54, 1.807) is 12.1 Å². The summed E-state index contributed by atoms with van der Waals surface area (Å²) < 4.78 is 39.1. The first-order chi connectivity index (χ1) is 17.1. The van der Waals surface area contributed by atoms with Gasteiger partial charge >= 0.3 is 6.18 Å². The summed E-state index contributed by atoms with van der Waals surface area (Å²) in [5.74, 6) is 0.347. The highest BCUT2D eigenvalue weighted by molar-refractivity contribution is 6.11. The van der Waals surface area contributed by atoms with Crippen molar-refractivity contribution < 1.29 is 13.2 Å². The van der Waals surface area contributed by atoms with Crippen molar-refractivity contribution in [1.82, 2.24) is 4.90 Å². The number of fused-ring (bicyclic) bond motifs is 1. The Hall–Kier alpha value is -3.54. The molecule has 36 heavy (non-hydrogen) atoms. The quantitative estimate of drug-likeness (QED) is 0.318. The van der Waals surface area contributed by atoms with Crippen molar-refractivity contribution in [2.75, 3.05) is 4.90 Å². The lowest BCUT2D eigenvalue weighted by molar-refractivity contribution is -0.137. The van der Waals surface area contributed by atoms with Crippen LogP contribution >= 0.6 is 0 Å². The number of anilines is 1. The van der Waals surface area contributed by atoms with Gasteiger partial charge in [0, 0.05) is 23.8 Å². The molecule has 0 N–H and O–H groups in total. The molecule has 0 radical (unpaired) electrons. The third-order valence-corrected chi connectivity index (χ3v) is 6.94. The Labute approximate surface area is 210 Å². The summed E-state index contributed by atoms with van der Waals surface area (Å²) in [5, 5.41) is 0. The molecular formula is C30H30F3N3. The van der Waals surface area contributed by atoms with Crippen LogP contribution in [0.3, 0.4) is 0 Å². The smallest absolute Gasteiger partial charge is 0.356 e. The zero-order chi connectivity index (χ0) is 25.6. The van der Waals surface area contributed by atoms with Gasteiger partial charge < -0.3 is 9.80 Å². The van der Waals surface area contributed by atoms with Crippen LogP contribution in [0.4, 0.5) is 18.9 Å². The first kappa shape index (κ1) is 24.2. The molecule has 2 aromatic rings. The summed E-state index contributed by atoms with van der Waals surface area (Å²) in [6.07, 6.45) is 5.75. The van der Waals surface area contributed by atoms with Crippen molar-refractivity contribution in [2.45, 2.75) is 51.9 Å². The molecule has 0 bridgehead atoms. The number of hydrogen-bond donors (Lipinski definition) is 0. The Morgan fingerprint density at radius 2 is 1.83 bits per heavy atom. The zero-order valence-corrected chi connectivity index (χ0v) is 20.8. The van der Waals surface area contributed by atoms with Gasteiger partial charge in [0.2, 0.25) is 0 Å². The van der Waals surface area contributed by atoms with Gasteiger partial charge in [-0.25, -0.2) is 0 Å². The van der Waals surface area contributed by atoms with Gasteiger partial charge in [-0.1, -0.05) is 49.4 Å². The molecule has 0 saturated carbocycles. The van der Waals surface area contributed by atoms with Crippen LogP contribution in [0.15, 0.2) is 95.9 Å². The van der Waals surface area contributed by atoms with Gasteiger partial charge in [0.15, 0.2) is 0 Å². The third kappa shape index (κ3) is 4.64. The van der Waals surface area contributed by atoms with Crippen LogP contribution in [-0.2, 0) is 12.6 Å². The minimum atomic E-state index is -4.34. The molecule has 6 heteroatoms. The number of halogens is 3. The maximum absolute atomic E-state index is 13.0. The van der Waals surface area contributed by atoms with E-state index < -0.39 is 11.7 Å². The van der Waals surface area contributed by atoms with Gasteiger partial charge in [0.1, 0.15) is 0 Å². The summed E-state index contributed by atoms with van der Waals surface area (Å²) in [6.45, 7) is 10.4. The molecule has 0 aliphatic carbocycles. The summed E-state index contributed by atoms with van der Waals surface area (Å²) in [5.41, 5.74) is 6.74. The highest BCUT2D eigenvalue weighted by Crippen LogP contribution is 2.42. The Morgan fingerprint density at radius 3 is 2.53 bits per heavy atom. The predicted octanol–water partition coefficient (Wildman–Crippen LogP) is 7.59. The first-order valence-electron chi connectivity index (χ1n) is 12.3. The maximum atomic E-state index is 13.0. The van der Waals surface area contributed by atoms with Gasteiger partial charge in [-0.05, 0) is 74.1 Å². The number of allylic oxidation sites excluding steroid dienone is 3. The SMILES string of the molecule is C=C(C)Cc1cccc(C2=CC(C)CC=C3C(C4C(C)N4c4ccc(C(F)(F)F)cc4)=NC=CN32)c1. The number of nitrogens with zero attached hydrogens (tertiary/aromatic N) is 3. The standard InChI is InChI=1S/C30H30F3N3/c1-19(2)16-22-6-5-7-23(18-22)27-17-20(3)8-13-26-28(34-14-15-35(26)27)29-21(4)36(29)25-11-9-24(10-12-25)30(31,32)33/h5-7,9-15,17-18,20-21,29H,1,8,16H2,2-4H3. The molecule has 0 amide bonds. The van der Waals surface area contributed by atoms with Gasteiger partial charge in [-0.3, -0.25) is 4.99 Å². The lowest BCUT2D eigenvalue weighted by Crippen LogP contribution is -2.28. The molecule has 5 rings (SSSR count). The number of alkyl halides is 3. The topological polar surface area (TPSA) is 18.6 Å². The van der Waals surface area contributed by atoms with Gasteiger partial charge in [0.05, 0.1) is 29.1 Å². The molecule has 0 aromatic heterocycles. The van der Waals surface area contributed by atoms with E-state index >= 15 is 0 Å². The van der Waals surface area contributed by atoms with Crippen molar-refractivity contribution in [3.8, 4) is 0 Å². The molecule has 186 valence electrons. The third-order valence-electron chi connectivity index (χ3n) is 6.94. The molecule has 3 heterocycles. The molecule has 1 saturated heterocycles. The Bertz CT molecular complexity index is 1300. The molecular weight excluding hydrogens is 459 g/mol. The van der Waals surface area contributed by atoms with Crippen LogP contribution in [-0.4, -0.2) is 22.7 Å². The minimum Gasteiger partial charge on any atom is -0.356 e. The van der Waals surface area contributed by atoms with Gasteiger partial charge in [0.25, 0.3) is 0 Å². The fourth-order valence-electron chi connectivity index (χ4n) is 5.16. The van der Waals surface area contributed by atoms with E-state index in [9.17, 15) is 13.2 Å². The van der Waals surface area contributed by atoms with Crippen molar-refractivity contribution >= 4 is 17.1 Å². The lowest BCUT2D eigenvalue weighted by atomic mass is 10.00. The summed E-state index contributed by atoms with van der Waals surface area (Å²) in [6, 6.07) is 14.1. The second kappa shape index (κ2) is 9.16. The minimum absolute atomic E-state index is 0.00448. The molecule has 3 unspecified atom stereocenters. The van der Waals surface area contributed by atoms with E-state index in [2.05, 4.69) is 66.6 Å². The van der Waals surface area contributed by atoms with Crippen LogP contribution in [0.5, 0.6) is 0 Å². The van der Waals surface area contributed by atoms with E-state index in [0.29, 0.717) is 5.92 Å². The Kier molecular flexibility index (Phi) is 6.15. The van der Waals surface area contributed by atoms with Crippen LogP contribution in [0, 0.1) is 5.92 Å². The van der Waals surface area contributed by atoms with Crippen LogP contribution in [0.1, 0.15) is 43.9 Å². The van der Waals surface area contributed by atoms with Crippen LogP contribution in [0.25, 0.3) is 5.70 Å². The fraction of sp³-hybridized carbons (Fsp3) is 0.300. The van der Waals surface area contributed by atoms with Crippen LogP contribution < -0.4 is 4.90 Å².